The van der Waals surface area contributed by atoms with E-state index in [0.717, 1.165) is 0 Å². The number of nitrogens with one attached hydrogen (secondary N) is 1. The van der Waals surface area contributed by atoms with Gasteiger partial charge in [-0.3, -0.25) is 19.7 Å². The second kappa shape index (κ2) is 6.66. The largest absolute Gasteiger partial charge is 0.354 e. The zero-order valence-corrected chi connectivity index (χ0v) is 14.0. The van der Waals surface area contributed by atoms with Crippen LogP contribution in [0.25, 0.3) is 0 Å². The number of hydrogen-bond acceptors (Lipinski definition) is 4. The van der Waals surface area contributed by atoms with Gasteiger partial charge in [-0.05, 0) is 31.9 Å². The highest BCUT2D eigenvalue weighted by Crippen LogP contribution is 2.21. The Hall–Kier alpha value is -2.96. The van der Waals surface area contributed by atoms with Crippen LogP contribution in [0.15, 0.2) is 24.3 Å². The number of Topliss-reactive ketones (excluding diaryl/α,β-unsaturated/α-hetero) is 1. The molecule has 2 aromatic rings. The molecule has 0 spiro atoms. The summed E-state index contributed by atoms with van der Waals surface area (Å²) in [5, 5.41) is 10.8. The molecular formula is C17H19N3O4. The molecule has 24 heavy (non-hydrogen) atoms. The van der Waals surface area contributed by atoms with Gasteiger partial charge in [0.05, 0.1) is 4.92 Å². The van der Waals surface area contributed by atoms with Crippen molar-refractivity contribution in [1.29, 1.82) is 0 Å². The van der Waals surface area contributed by atoms with Gasteiger partial charge >= 0.3 is 0 Å². The third kappa shape index (κ3) is 3.34. The third-order valence-electron chi connectivity index (χ3n) is 3.89. The number of benzene rings is 1. The Bertz CT molecular complexity index is 823. The average Bonchev–Trinajstić information content (AvgIpc) is 2.81. The van der Waals surface area contributed by atoms with Crippen LogP contribution in [0, 0.1) is 24.0 Å². The van der Waals surface area contributed by atoms with E-state index in [-0.39, 0.29) is 23.9 Å². The highest BCUT2D eigenvalue weighted by molar-refractivity contribution is 6.02. The molecule has 7 heteroatoms. The van der Waals surface area contributed by atoms with Crippen LogP contribution in [0.5, 0.6) is 0 Å². The summed E-state index contributed by atoms with van der Waals surface area (Å²) >= 11 is 0. The molecule has 2 rings (SSSR count). The van der Waals surface area contributed by atoms with Crippen molar-refractivity contribution >= 4 is 17.4 Å². The molecule has 0 fully saturated rings. The molecule has 0 radical (unpaired) electrons. The van der Waals surface area contributed by atoms with Gasteiger partial charge in [-0.15, -0.1) is 0 Å². The zero-order valence-electron chi connectivity index (χ0n) is 14.0. The molecule has 126 valence electrons. The van der Waals surface area contributed by atoms with Crippen molar-refractivity contribution in [2.75, 3.05) is 7.05 Å². The molecule has 0 atom stereocenters. The summed E-state index contributed by atoms with van der Waals surface area (Å²) in [7, 11) is 1.62. The van der Waals surface area contributed by atoms with Gasteiger partial charge < -0.3 is 9.88 Å². The molecule has 0 aliphatic rings. The molecule has 0 aliphatic heterocycles. The third-order valence-corrected chi connectivity index (χ3v) is 3.89. The number of rotatable bonds is 5. The van der Waals surface area contributed by atoms with E-state index in [1.165, 1.54) is 24.0 Å². The van der Waals surface area contributed by atoms with Gasteiger partial charge in [0, 0.05) is 37.0 Å². The van der Waals surface area contributed by atoms with Crippen molar-refractivity contribution in [2.24, 2.45) is 0 Å². The number of non-ortho nitro benzene ring substituents is 1. The Morgan fingerprint density at radius 3 is 2.50 bits per heavy atom. The minimum atomic E-state index is -0.469. The first kappa shape index (κ1) is 17.4. The molecule has 0 saturated heterocycles. The molecule has 1 aromatic heterocycles. The Morgan fingerprint density at radius 2 is 1.96 bits per heavy atom. The minimum absolute atomic E-state index is 0.0147. The predicted octanol–water partition coefficient (Wildman–Crippen LogP) is 3.01. The molecule has 1 heterocycles. The average molecular weight is 329 g/mol. The molecule has 7 nitrogen and oxygen atoms in total. The van der Waals surface area contributed by atoms with E-state index >= 15 is 0 Å². The molecule has 1 aromatic carbocycles. The number of hydrogen-bond donors (Lipinski definition) is 1. The van der Waals surface area contributed by atoms with Crippen molar-refractivity contribution in [3.05, 3.63) is 62.5 Å². The topological polar surface area (TPSA) is 96.3 Å². The van der Waals surface area contributed by atoms with Crippen LogP contribution in [-0.4, -0.2) is 33.5 Å². The summed E-state index contributed by atoms with van der Waals surface area (Å²) in [4.78, 5) is 39.1. The number of amides is 1. The van der Waals surface area contributed by atoms with Gasteiger partial charge in [0.15, 0.2) is 5.78 Å². The number of H-pyrrole nitrogens is 1. The van der Waals surface area contributed by atoms with Gasteiger partial charge in [-0.1, -0.05) is 12.1 Å². The van der Waals surface area contributed by atoms with Crippen molar-refractivity contribution in [2.45, 2.75) is 27.3 Å². The van der Waals surface area contributed by atoms with Gasteiger partial charge in [-0.2, -0.15) is 0 Å². The molecule has 1 amide bonds. The molecule has 0 aliphatic carbocycles. The summed E-state index contributed by atoms with van der Waals surface area (Å²) in [5.74, 6) is -0.365. The first-order valence-electron chi connectivity index (χ1n) is 7.41. The Balaban J connectivity index is 2.25. The lowest BCUT2D eigenvalue weighted by Gasteiger charge is -2.17. The number of nitro benzene ring substituents is 1. The predicted molar refractivity (Wildman–Crippen MR) is 89.2 cm³/mol. The molecule has 0 bridgehead atoms. The lowest BCUT2D eigenvalue weighted by atomic mass is 10.1. The number of aryl methyl sites for hydroxylation is 1. The second-order valence-electron chi connectivity index (χ2n) is 5.77. The van der Waals surface area contributed by atoms with Crippen LogP contribution in [0.2, 0.25) is 0 Å². The van der Waals surface area contributed by atoms with Crippen molar-refractivity contribution in [3.8, 4) is 0 Å². The quantitative estimate of drug-likeness (QED) is 0.518. The van der Waals surface area contributed by atoms with E-state index in [2.05, 4.69) is 4.98 Å². The van der Waals surface area contributed by atoms with Gasteiger partial charge in [0.1, 0.15) is 5.69 Å². The summed E-state index contributed by atoms with van der Waals surface area (Å²) in [6, 6.07) is 6.16. The van der Waals surface area contributed by atoms with Crippen molar-refractivity contribution in [3.63, 3.8) is 0 Å². The summed E-state index contributed by atoms with van der Waals surface area (Å²) in [6.07, 6.45) is 0. The van der Waals surface area contributed by atoms with Crippen LogP contribution in [0.3, 0.4) is 0 Å². The minimum Gasteiger partial charge on any atom is -0.354 e. The van der Waals surface area contributed by atoms with Crippen LogP contribution < -0.4 is 0 Å². The number of aromatic amines is 1. The lowest BCUT2D eigenvalue weighted by Crippen LogP contribution is -2.27. The fourth-order valence-corrected chi connectivity index (χ4v) is 2.80. The maximum atomic E-state index is 12.6. The smallest absolute Gasteiger partial charge is 0.270 e. The number of ketones is 1. The van der Waals surface area contributed by atoms with E-state index in [1.54, 1.807) is 33.0 Å². The maximum Gasteiger partial charge on any atom is 0.270 e. The van der Waals surface area contributed by atoms with E-state index in [0.29, 0.717) is 28.1 Å². The summed E-state index contributed by atoms with van der Waals surface area (Å²) in [6.45, 7) is 5.17. The van der Waals surface area contributed by atoms with Crippen LogP contribution in [0.1, 0.15) is 44.6 Å². The number of carbonyl (C=O) groups excluding carboxylic acids is 2. The fraction of sp³-hybridized carbons (Fsp3) is 0.294. The van der Waals surface area contributed by atoms with Crippen molar-refractivity contribution in [1.82, 2.24) is 9.88 Å². The monoisotopic (exact) mass is 329 g/mol. The normalized spacial score (nSPS) is 10.5. The number of nitrogens with zero attached hydrogens (tertiary/aromatic N) is 2. The fourth-order valence-electron chi connectivity index (χ4n) is 2.80. The number of nitro groups is 1. The molecule has 0 unspecified atom stereocenters. The van der Waals surface area contributed by atoms with Crippen LogP contribution >= 0.6 is 0 Å². The van der Waals surface area contributed by atoms with Crippen molar-refractivity contribution < 1.29 is 14.5 Å². The van der Waals surface area contributed by atoms with E-state index in [1.807, 2.05) is 0 Å². The van der Waals surface area contributed by atoms with E-state index in [9.17, 15) is 19.7 Å². The van der Waals surface area contributed by atoms with E-state index < -0.39 is 4.92 Å². The van der Waals surface area contributed by atoms with E-state index in [4.69, 9.17) is 0 Å². The first-order chi connectivity index (χ1) is 11.2. The van der Waals surface area contributed by atoms with Crippen LogP contribution in [0.4, 0.5) is 5.69 Å². The van der Waals surface area contributed by atoms with Crippen LogP contribution in [-0.2, 0) is 6.54 Å². The Labute approximate surface area is 139 Å². The summed E-state index contributed by atoms with van der Waals surface area (Å²) < 4.78 is 0. The lowest BCUT2D eigenvalue weighted by molar-refractivity contribution is -0.384. The Kier molecular flexibility index (Phi) is 4.82. The standard InChI is InChI=1S/C17H19N3O4/c1-10-15(12(3)21)11(2)18-16(10)17(22)19(4)9-13-6-5-7-14(8-13)20(23)24/h5-8,18H,9H2,1-4H3. The van der Waals surface area contributed by atoms with Gasteiger partial charge in [-0.25, -0.2) is 0 Å². The molecule has 1 N–H and O–H groups in total. The SMILES string of the molecule is CC(=O)c1c(C)[nH]c(C(=O)N(C)Cc2cccc([N+](=O)[O-])c2)c1C. The maximum absolute atomic E-state index is 12.6. The second-order valence-corrected chi connectivity index (χ2v) is 5.77. The van der Waals surface area contributed by atoms with Gasteiger partial charge in [0.2, 0.25) is 0 Å². The highest BCUT2D eigenvalue weighted by atomic mass is 16.6. The Morgan fingerprint density at radius 1 is 1.29 bits per heavy atom. The molecule has 0 saturated carbocycles. The first-order valence-corrected chi connectivity index (χ1v) is 7.41. The summed E-state index contributed by atoms with van der Waals surface area (Å²) in [5.41, 5.74) is 2.82. The molecular weight excluding hydrogens is 310 g/mol. The van der Waals surface area contributed by atoms with Gasteiger partial charge in [0.25, 0.3) is 11.6 Å². The number of aromatic nitrogens is 1. The number of carbonyl (C=O) groups is 2. The zero-order chi connectivity index (χ0) is 18.0. The highest BCUT2D eigenvalue weighted by Gasteiger charge is 2.22.